The molecule has 0 aromatic heterocycles. The smallest absolute Gasteiger partial charge is 0.141 e. The first kappa shape index (κ1) is 17.7. The molecule has 0 aliphatic carbocycles. The molecular weight excluding hydrogens is 365 g/mol. The van der Waals surface area contributed by atoms with E-state index >= 15 is 0 Å². The number of para-hydroxylation sites is 1. The van der Waals surface area contributed by atoms with E-state index in [0.29, 0.717) is 6.54 Å². The highest BCUT2D eigenvalue weighted by molar-refractivity contribution is 6.31. The highest BCUT2D eigenvalue weighted by Crippen LogP contribution is 2.42. The molecule has 1 aliphatic heterocycles. The van der Waals surface area contributed by atoms with Crippen LogP contribution in [0.3, 0.4) is 0 Å². The molecule has 0 spiro atoms. The van der Waals surface area contributed by atoms with Crippen LogP contribution >= 0.6 is 11.6 Å². The van der Waals surface area contributed by atoms with E-state index in [1.165, 1.54) is 6.07 Å². The highest BCUT2D eigenvalue weighted by atomic mass is 35.5. The largest absolute Gasteiger partial charge is 0.497 e. The SMILES string of the molecule is COc1cc2c(c(-c3ccc(F)c(Cl)c3)c1)OC(CNc1ccccc1)C2. The molecule has 1 heterocycles. The van der Waals surface area contributed by atoms with Gasteiger partial charge in [0, 0.05) is 23.2 Å². The molecule has 0 saturated carbocycles. The summed E-state index contributed by atoms with van der Waals surface area (Å²) in [4.78, 5) is 0. The molecule has 3 aromatic rings. The zero-order valence-electron chi connectivity index (χ0n) is 14.8. The predicted octanol–water partition coefficient (Wildman–Crippen LogP) is 5.57. The van der Waals surface area contributed by atoms with E-state index in [0.717, 1.165) is 40.3 Å². The Morgan fingerprint density at radius 3 is 2.70 bits per heavy atom. The van der Waals surface area contributed by atoms with Gasteiger partial charge in [0.1, 0.15) is 23.4 Å². The van der Waals surface area contributed by atoms with Crippen LogP contribution < -0.4 is 14.8 Å². The molecule has 0 saturated heterocycles. The number of ether oxygens (including phenoxy) is 2. The Morgan fingerprint density at radius 1 is 1.15 bits per heavy atom. The fourth-order valence-electron chi connectivity index (χ4n) is 3.30. The number of nitrogens with one attached hydrogen (secondary N) is 1. The quantitative estimate of drug-likeness (QED) is 0.624. The van der Waals surface area contributed by atoms with E-state index in [-0.39, 0.29) is 11.1 Å². The Balaban J connectivity index is 1.61. The maximum absolute atomic E-state index is 13.6. The van der Waals surface area contributed by atoms with Crippen LogP contribution in [0.5, 0.6) is 11.5 Å². The van der Waals surface area contributed by atoms with Crippen LogP contribution in [0.1, 0.15) is 5.56 Å². The van der Waals surface area contributed by atoms with Crippen molar-refractivity contribution in [1.82, 2.24) is 0 Å². The Kier molecular flexibility index (Phi) is 4.90. The maximum Gasteiger partial charge on any atom is 0.141 e. The summed E-state index contributed by atoms with van der Waals surface area (Å²) in [5.74, 6) is 1.11. The Bertz CT molecular complexity index is 962. The number of fused-ring (bicyclic) bond motifs is 1. The van der Waals surface area contributed by atoms with Gasteiger partial charge in [-0.25, -0.2) is 4.39 Å². The van der Waals surface area contributed by atoms with Crippen molar-refractivity contribution in [2.24, 2.45) is 0 Å². The third-order valence-electron chi connectivity index (χ3n) is 4.65. The van der Waals surface area contributed by atoms with Crippen LogP contribution in [-0.2, 0) is 6.42 Å². The number of hydrogen-bond acceptors (Lipinski definition) is 3. The molecule has 3 nitrogen and oxygen atoms in total. The number of hydrogen-bond donors (Lipinski definition) is 1. The lowest BCUT2D eigenvalue weighted by Crippen LogP contribution is -2.23. The van der Waals surface area contributed by atoms with E-state index in [4.69, 9.17) is 21.1 Å². The molecule has 1 aliphatic rings. The summed E-state index contributed by atoms with van der Waals surface area (Å²) in [5, 5.41) is 3.49. The minimum Gasteiger partial charge on any atom is -0.497 e. The molecule has 5 heteroatoms. The van der Waals surface area contributed by atoms with Crippen LogP contribution in [0.2, 0.25) is 5.02 Å². The first-order valence-corrected chi connectivity index (χ1v) is 9.14. The van der Waals surface area contributed by atoms with Crippen LogP contribution in [0.15, 0.2) is 60.7 Å². The Labute approximate surface area is 162 Å². The van der Waals surface area contributed by atoms with Gasteiger partial charge >= 0.3 is 0 Å². The van der Waals surface area contributed by atoms with Crippen LogP contribution in [0.4, 0.5) is 10.1 Å². The maximum atomic E-state index is 13.6. The van der Waals surface area contributed by atoms with Gasteiger partial charge < -0.3 is 14.8 Å². The molecule has 1 N–H and O–H groups in total. The third-order valence-corrected chi connectivity index (χ3v) is 4.94. The average molecular weight is 384 g/mol. The van der Waals surface area contributed by atoms with Gasteiger partial charge in [-0.3, -0.25) is 0 Å². The zero-order chi connectivity index (χ0) is 18.8. The van der Waals surface area contributed by atoms with Crippen molar-refractivity contribution in [2.75, 3.05) is 19.0 Å². The van der Waals surface area contributed by atoms with Crippen molar-refractivity contribution in [3.05, 3.63) is 77.1 Å². The summed E-state index contributed by atoms with van der Waals surface area (Å²) in [6.45, 7) is 0.685. The second-order valence-corrected chi connectivity index (χ2v) is 6.89. The molecule has 1 unspecified atom stereocenters. The lowest BCUT2D eigenvalue weighted by Gasteiger charge is -2.15. The fourth-order valence-corrected chi connectivity index (χ4v) is 3.48. The van der Waals surface area contributed by atoms with Crippen LogP contribution in [0, 0.1) is 5.82 Å². The summed E-state index contributed by atoms with van der Waals surface area (Å²) in [7, 11) is 1.63. The minimum atomic E-state index is -0.439. The lowest BCUT2D eigenvalue weighted by molar-refractivity contribution is 0.247. The van der Waals surface area contributed by atoms with Gasteiger partial charge in [-0.2, -0.15) is 0 Å². The first-order chi connectivity index (χ1) is 13.1. The van der Waals surface area contributed by atoms with E-state index < -0.39 is 5.82 Å². The number of methoxy groups -OCH3 is 1. The second kappa shape index (κ2) is 7.49. The molecule has 138 valence electrons. The summed E-state index contributed by atoms with van der Waals surface area (Å²) in [6.07, 6.45) is 0.774. The monoisotopic (exact) mass is 383 g/mol. The van der Waals surface area contributed by atoms with Crippen molar-refractivity contribution >= 4 is 17.3 Å². The summed E-state index contributed by atoms with van der Waals surface area (Å²) in [5.41, 5.74) is 3.78. The van der Waals surface area contributed by atoms with E-state index in [2.05, 4.69) is 5.32 Å². The van der Waals surface area contributed by atoms with Crippen LogP contribution in [0.25, 0.3) is 11.1 Å². The minimum absolute atomic E-state index is 0.00184. The highest BCUT2D eigenvalue weighted by Gasteiger charge is 2.27. The van der Waals surface area contributed by atoms with E-state index in [1.54, 1.807) is 19.2 Å². The van der Waals surface area contributed by atoms with Crippen molar-refractivity contribution in [1.29, 1.82) is 0 Å². The van der Waals surface area contributed by atoms with Crippen molar-refractivity contribution in [3.8, 4) is 22.6 Å². The Morgan fingerprint density at radius 2 is 1.96 bits per heavy atom. The van der Waals surface area contributed by atoms with Gasteiger partial charge in [0.2, 0.25) is 0 Å². The van der Waals surface area contributed by atoms with Gasteiger partial charge in [0.15, 0.2) is 0 Å². The summed E-state index contributed by atoms with van der Waals surface area (Å²) >= 11 is 5.98. The number of rotatable bonds is 5. The molecule has 0 bridgehead atoms. The predicted molar refractivity (Wildman–Crippen MR) is 106 cm³/mol. The van der Waals surface area contributed by atoms with Gasteiger partial charge in [0.25, 0.3) is 0 Å². The van der Waals surface area contributed by atoms with Gasteiger partial charge in [-0.15, -0.1) is 0 Å². The van der Waals surface area contributed by atoms with Gasteiger partial charge in [-0.05, 0) is 42.0 Å². The second-order valence-electron chi connectivity index (χ2n) is 6.48. The number of benzene rings is 3. The van der Waals surface area contributed by atoms with Crippen LogP contribution in [-0.4, -0.2) is 19.8 Å². The molecule has 4 rings (SSSR count). The molecule has 27 heavy (non-hydrogen) atoms. The van der Waals surface area contributed by atoms with E-state index in [1.807, 2.05) is 42.5 Å². The Hall–Kier alpha value is -2.72. The molecular formula is C22H19ClFNO2. The van der Waals surface area contributed by atoms with Gasteiger partial charge in [-0.1, -0.05) is 35.9 Å². The zero-order valence-corrected chi connectivity index (χ0v) is 15.6. The van der Waals surface area contributed by atoms with E-state index in [9.17, 15) is 4.39 Å². The number of halogens is 2. The summed E-state index contributed by atoms with van der Waals surface area (Å²) in [6, 6.07) is 18.6. The topological polar surface area (TPSA) is 30.5 Å². The molecule has 0 fully saturated rings. The third kappa shape index (κ3) is 3.71. The molecule has 0 radical (unpaired) electrons. The standard InChI is InChI=1S/C22H19ClFNO2/c1-26-17-9-15-10-18(13-25-16-5-3-2-4-6-16)27-22(15)19(12-17)14-7-8-21(24)20(23)11-14/h2-9,11-12,18,25H,10,13H2,1H3. The molecule has 3 aromatic carbocycles. The first-order valence-electron chi connectivity index (χ1n) is 8.76. The van der Waals surface area contributed by atoms with Gasteiger partial charge in [0.05, 0.1) is 18.7 Å². The fraction of sp³-hybridized carbons (Fsp3) is 0.182. The van der Waals surface area contributed by atoms with Crippen molar-refractivity contribution < 1.29 is 13.9 Å². The number of anilines is 1. The van der Waals surface area contributed by atoms with Crippen molar-refractivity contribution in [3.63, 3.8) is 0 Å². The molecule has 1 atom stereocenters. The summed E-state index contributed by atoms with van der Waals surface area (Å²) < 4.78 is 25.2. The average Bonchev–Trinajstić information content (AvgIpc) is 3.11. The lowest BCUT2D eigenvalue weighted by atomic mass is 10.00. The normalized spacial score (nSPS) is 15.1. The van der Waals surface area contributed by atoms with Crippen molar-refractivity contribution in [2.45, 2.75) is 12.5 Å². The molecule has 0 amide bonds.